The summed E-state index contributed by atoms with van der Waals surface area (Å²) < 4.78 is 1.05. The maximum atomic E-state index is 12.3. The molecule has 3 N–H and O–H groups in total. The predicted octanol–water partition coefficient (Wildman–Crippen LogP) is 3.94. The van der Waals surface area contributed by atoms with Crippen molar-refractivity contribution in [2.75, 3.05) is 5.73 Å². The highest BCUT2D eigenvalue weighted by molar-refractivity contribution is 9.11. The van der Waals surface area contributed by atoms with E-state index in [4.69, 9.17) is 5.73 Å². The summed E-state index contributed by atoms with van der Waals surface area (Å²) in [6.45, 7) is 2.47. The highest BCUT2D eigenvalue weighted by Crippen LogP contribution is 2.34. The van der Waals surface area contributed by atoms with Crippen LogP contribution in [-0.2, 0) is 6.54 Å². The van der Waals surface area contributed by atoms with E-state index in [2.05, 4.69) is 26.2 Å². The van der Waals surface area contributed by atoms with E-state index in [0.29, 0.717) is 17.1 Å². The first-order chi connectivity index (χ1) is 10.1. The predicted molar refractivity (Wildman–Crippen MR) is 92.0 cm³/mol. The first-order valence-corrected chi connectivity index (χ1v) is 8.65. The summed E-state index contributed by atoms with van der Waals surface area (Å²) in [6, 6.07) is 5.85. The lowest BCUT2D eigenvalue weighted by Crippen LogP contribution is -2.22. The van der Waals surface area contributed by atoms with Crippen molar-refractivity contribution in [1.82, 2.24) is 10.3 Å². The van der Waals surface area contributed by atoms with E-state index in [1.54, 1.807) is 17.5 Å². The molecule has 21 heavy (non-hydrogen) atoms. The summed E-state index contributed by atoms with van der Waals surface area (Å²) >= 11 is 6.34. The maximum absolute atomic E-state index is 12.3. The Kier molecular flexibility index (Phi) is 3.97. The second kappa shape index (κ2) is 5.75. The molecule has 0 aromatic carbocycles. The van der Waals surface area contributed by atoms with Crippen LogP contribution in [0.3, 0.4) is 0 Å². The summed E-state index contributed by atoms with van der Waals surface area (Å²) in [5.74, 6) is -0.153. The standard InChI is InChI=1S/C14H12BrN3OS2/c1-7-4-5-17-14-10(7)11(16)12(21-14)13(19)18-6-8-2-3-9(15)20-8/h2-5H,6,16H2,1H3,(H,18,19). The van der Waals surface area contributed by atoms with Crippen LogP contribution in [0, 0.1) is 6.92 Å². The normalized spacial score (nSPS) is 11.0. The Morgan fingerprint density at radius 1 is 1.38 bits per heavy atom. The lowest BCUT2D eigenvalue weighted by molar-refractivity contribution is 0.0956. The second-order valence-electron chi connectivity index (χ2n) is 4.54. The number of aryl methyl sites for hydroxylation is 1. The van der Waals surface area contributed by atoms with Gasteiger partial charge >= 0.3 is 0 Å². The van der Waals surface area contributed by atoms with Crippen LogP contribution in [0.1, 0.15) is 20.1 Å². The third kappa shape index (κ3) is 2.81. The van der Waals surface area contributed by atoms with Crippen molar-refractivity contribution in [3.05, 3.63) is 43.5 Å². The van der Waals surface area contributed by atoms with Crippen molar-refractivity contribution < 1.29 is 4.79 Å². The van der Waals surface area contributed by atoms with E-state index in [1.807, 2.05) is 25.1 Å². The number of pyridine rings is 1. The van der Waals surface area contributed by atoms with Crippen LogP contribution < -0.4 is 11.1 Å². The molecule has 0 spiro atoms. The number of hydrogen-bond donors (Lipinski definition) is 2. The molecule has 3 aromatic rings. The number of hydrogen-bond acceptors (Lipinski definition) is 5. The number of carbonyl (C=O) groups is 1. The second-order valence-corrected chi connectivity index (χ2v) is 8.09. The number of amides is 1. The first kappa shape index (κ1) is 14.5. The van der Waals surface area contributed by atoms with Crippen LogP contribution >= 0.6 is 38.6 Å². The molecule has 3 heterocycles. The van der Waals surface area contributed by atoms with Crippen LogP contribution in [0.25, 0.3) is 10.2 Å². The topological polar surface area (TPSA) is 68.0 Å². The van der Waals surface area contributed by atoms with Crippen LogP contribution in [0.4, 0.5) is 5.69 Å². The van der Waals surface area contributed by atoms with E-state index in [9.17, 15) is 4.79 Å². The molecule has 0 unspecified atom stereocenters. The molecule has 7 heteroatoms. The number of nitrogen functional groups attached to an aromatic ring is 1. The zero-order valence-corrected chi connectivity index (χ0v) is 14.4. The minimum Gasteiger partial charge on any atom is -0.397 e. The Morgan fingerprint density at radius 3 is 2.86 bits per heavy atom. The van der Waals surface area contributed by atoms with Crippen molar-refractivity contribution in [2.24, 2.45) is 0 Å². The van der Waals surface area contributed by atoms with Crippen LogP contribution in [0.15, 0.2) is 28.2 Å². The molecule has 108 valence electrons. The van der Waals surface area contributed by atoms with Crippen LogP contribution in [-0.4, -0.2) is 10.9 Å². The van der Waals surface area contributed by atoms with Gasteiger partial charge < -0.3 is 11.1 Å². The van der Waals surface area contributed by atoms with Gasteiger partial charge in [0.2, 0.25) is 0 Å². The molecule has 3 rings (SSSR count). The summed E-state index contributed by atoms with van der Waals surface area (Å²) in [7, 11) is 0. The number of nitrogens with one attached hydrogen (secondary N) is 1. The fraction of sp³-hybridized carbons (Fsp3) is 0.143. The van der Waals surface area contributed by atoms with Gasteiger partial charge in [-0.15, -0.1) is 22.7 Å². The SMILES string of the molecule is Cc1ccnc2sc(C(=O)NCc3ccc(Br)s3)c(N)c12. The zero-order chi connectivity index (χ0) is 15.0. The lowest BCUT2D eigenvalue weighted by atomic mass is 10.2. The zero-order valence-electron chi connectivity index (χ0n) is 11.1. The van der Waals surface area contributed by atoms with Crippen molar-refractivity contribution in [3.63, 3.8) is 0 Å². The van der Waals surface area contributed by atoms with Gasteiger partial charge in [-0.3, -0.25) is 4.79 Å². The smallest absolute Gasteiger partial charge is 0.263 e. The number of carbonyl (C=O) groups excluding carboxylic acids is 1. The monoisotopic (exact) mass is 381 g/mol. The van der Waals surface area contributed by atoms with E-state index < -0.39 is 0 Å². The average Bonchev–Trinajstić information content (AvgIpc) is 3.01. The molecule has 4 nitrogen and oxygen atoms in total. The molecule has 0 aliphatic heterocycles. The largest absolute Gasteiger partial charge is 0.397 e. The summed E-state index contributed by atoms with van der Waals surface area (Å²) in [5.41, 5.74) is 7.67. The summed E-state index contributed by atoms with van der Waals surface area (Å²) in [4.78, 5) is 19.0. The maximum Gasteiger partial charge on any atom is 0.263 e. The fourth-order valence-corrected chi connectivity index (χ4v) is 4.55. The number of anilines is 1. The molecular formula is C14H12BrN3OS2. The number of rotatable bonds is 3. The van der Waals surface area contributed by atoms with Gasteiger partial charge in [0.1, 0.15) is 9.71 Å². The van der Waals surface area contributed by atoms with E-state index in [1.165, 1.54) is 11.3 Å². The van der Waals surface area contributed by atoms with E-state index in [0.717, 1.165) is 24.4 Å². The molecule has 0 aliphatic carbocycles. The number of aromatic nitrogens is 1. The molecule has 0 radical (unpaired) electrons. The number of fused-ring (bicyclic) bond motifs is 1. The summed E-state index contributed by atoms with van der Waals surface area (Å²) in [6.07, 6.45) is 1.73. The van der Waals surface area contributed by atoms with Gasteiger partial charge in [0.05, 0.1) is 16.0 Å². The molecule has 1 amide bonds. The number of halogens is 1. The Morgan fingerprint density at radius 2 is 2.19 bits per heavy atom. The molecule has 0 fully saturated rings. The molecular weight excluding hydrogens is 370 g/mol. The third-order valence-corrected chi connectivity index (χ3v) is 5.83. The Bertz CT molecular complexity index is 825. The minimum atomic E-state index is -0.153. The van der Waals surface area contributed by atoms with Gasteiger partial charge in [0, 0.05) is 16.5 Å². The molecule has 0 atom stereocenters. The van der Waals surface area contributed by atoms with Crippen molar-refractivity contribution in [1.29, 1.82) is 0 Å². The fourth-order valence-electron chi connectivity index (χ4n) is 2.07. The van der Waals surface area contributed by atoms with Crippen LogP contribution in [0.5, 0.6) is 0 Å². The Labute approximate surface area is 138 Å². The minimum absolute atomic E-state index is 0.153. The molecule has 0 bridgehead atoms. The van der Waals surface area contributed by atoms with E-state index in [-0.39, 0.29) is 5.91 Å². The molecule has 0 aliphatic rings. The van der Waals surface area contributed by atoms with Gasteiger partial charge in [-0.25, -0.2) is 4.98 Å². The first-order valence-electron chi connectivity index (χ1n) is 6.22. The number of nitrogens with zero attached hydrogens (tertiary/aromatic N) is 1. The summed E-state index contributed by atoms with van der Waals surface area (Å²) in [5, 5.41) is 3.78. The van der Waals surface area contributed by atoms with Gasteiger partial charge in [-0.05, 0) is 46.6 Å². The molecule has 0 saturated carbocycles. The van der Waals surface area contributed by atoms with E-state index >= 15 is 0 Å². The highest BCUT2D eigenvalue weighted by Gasteiger charge is 2.18. The highest BCUT2D eigenvalue weighted by atomic mass is 79.9. The lowest BCUT2D eigenvalue weighted by Gasteiger charge is -2.02. The van der Waals surface area contributed by atoms with Gasteiger partial charge in [-0.2, -0.15) is 0 Å². The Balaban J connectivity index is 1.84. The third-order valence-electron chi connectivity index (χ3n) is 3.10. The van der Waals surface area contributed by atoms with Crippen molar-refractivity contribution in [2.45, 2.75) is 13.5 Å². The number of nitrogens with two attached hydrogens (primary N) is 1. The quantitative estimate of drug-likeness (QED) is 0.721. The molecule has 3 aromatic heterocycles. The van der Waals surface area contributed by atoms with Gasteiger partial charge in [0.15, 0.2) is 0 Å². The van der Waals surface area contributed by atoms with Crippen molar-refractivity contribution >= 4 is 60.4 Å². The molecule has 0 saturated heterocycles. The van der Waals surface area contributed by atoms with Gasteiger partial charge in [0.25, 0.3) is 5.91 Å². The van der Waals surface area contributed by atoms with Crippen LogP contribution in [0.2, 0.25) is 0 Å². The van der Waals surface area contributed by atoms with Crippen molar-refractivity contribution in [3.8, 4) is 0 Å². The number of thiophene rings is 2. The average molecular weight is 382 g/mol. The van der Waals surface area contributed by atoms with Gasteiger partial charge in [-0.1, -0.05) is 0 Å². The Hall–Kier alpha value is -1.44.